The molecule has 3 fully saturated rings. The highest BCUT2D eigenvalue weighted by atomic mass is 79.9. The molecule has 1 aliphatic heterocycles. The molecule has 0 spiro atoms. The number of halogens is 1. The average molecular weight is 419 g/mol. The first kappa shape index (κ1) is 17.7. The van der Waals surface area contributed by atoms with E-state index in [-0.39, 0.29) is 42.5 Å². The Balaban J connectivity index is 1.38. The number of benzene rings is 1. The van der Waals surface area contributed by atoms with Crippen LogP contribution in [0.15, 0.2) is 22.7 Å². The maximum Gasteiger partial charge on any atom is 0.233 e. The van der Waals surface area contributed by atoms with Gasteiger partial charge in [-0.15, -0.1) is 0 Å². The molecule has 2 aliphatic carbocycles. The van der Waals surface area contributed by atoms with Crippen molar-refractivity contribution in [3.05, 3.63) is 28.2 Å². The zero-order valence-corrected chi connectivity index (χ0v) is 16.4. The Kier molecular flexibility index (Phi) is 4.63. The van der Waals surface area contributed by atoms with Gasteiger partial charge in [0.25, 0.3) is 0 Å². The van der Waals surface area contributed by atoms with Crippen molar-refractivity contribution in [1.82, 2.24) is 4.90 Å². The summed E-state index contributed by atoms with van der Waals surface area (Å²) in [6, 6.07) is 5.74. The molecule has 0 aromatic heterocycles. The number of amides is 3. The molecule has 4 atom stereocenters. The van der Waals surface area contributed by atoms with Gasteiger partial charge in [-0.2, -0.15) is 0 Å². The third-order valence-corrected chi connectivity index (χ3v) is 6.80. The van der Waals surface area contributed by atoms with E-state index in [0.717, 1.165) is 41.4 Å². The van der Waals surface area contributed by atoms with Crippen molar-refractivity contribution in [3.63, 3.8) is 0 Å². The standard InChI is InChI=1S/C20H23BrN2O3/c1-2-11-10-14(21)5-6-15(11)22-16(24)7-8-23-19(25)17-12-3-4-13(9-12)18(17)20(23)26/h5-6,10,12-13,17-18H,2-4,7-9H2,1H3,(H,22,24). The Morgan fingerprint density at radius 3 is 2.46 bits per heavy atom. The minimum absolute atomic E-state index is 0.0436. The van der Waals surface area contributed by atoms with Crippen LogP contribution in [0.4, 0.5) is 5.69 Å². The van der Waals surface area contributed by atoms with Gasteiger partial charge in [-0.05, 0) is 61.3 Å². The van der Waals surface area contributed by atoms with Gasteiger partial charge in [0, 0.05) is 23.1 Å². The number of hydrogen-bond donors (Lipinski definition) is 1. The van der Waals surface area contributed by atoms with Crippen LogP contribution in [0, 0.1) is 23.7 Å². The van der Waals surface area contributed by atoms with Gasteiger partial charge < -0.3 is 5.32 Å². The van der Waals surface area contributed by atoms with Crippen LogP contribution in [0.5, 0.6) is 0 Å². The van der Waals surface area contributed by atoms with Gasteiger partial charge in [0.1, 0.15) is 0 Å². The second-order valence-corrected chi connectivity index (χ2v) is 8.58. The molecular formula is C20H23BrN2O3. The number of aryl methyl sites for hydroxylation is 1. The average Bonchev–Trinajstić information content (AvgIpc) is 3.29. The molecule has 1 heterocycles. The van der Waals surface area contributed by atoms with Crippen LogP contribution >= 0.6 is 15.9 Å². The molecule has 2 bridgehead atoms. The Hall–Kier alpha value is -1.69. The van der Waals surface area contributed by atoms with E-state index in [0.29, 0.717) is 11.8 Å². The normalized spacial score (nSPS) is 29.4. The quantitative estimate of drug-likeness (QED) is 0.745. The lowest BCUT2D eigenvalue weighted by Gasteiger charge is -2.19. The van der Waals surface area contributed by atoms with Gasteiger partial charge >= 0.3 is 0 Å². The first-order chi connectivity index (χ1) is 12.5. The van der Waals surface area contributed by atoms with Gasteiger partial charge in [0.15, 0.2) is 0 Å². The molecule has 1 aromatic rings. The molecule has 2 saturated carbocycles. The Bertz CT molecular complexity index is 750. The summed E-state index contributed by atoms with van der Waals surface area (Å²) in [4.78, 5) is 39.0. The van der Waals surface area contributed by atoms with Gasteiger partial charge in [-0.25, -0.2) is 0 Å². The number of carbonyl (C=O) groups is 3. The first-order valence-corrected chi connectivity index (χ1v) is 10.2. The number of likely N-dealkylation sites (tertiary alicyclic amines) is 1. The minimum Gasteiger partial charge on any atom is -0.326 e. The topological polar surface area (TPSA) is 66.5 Å². The fourth-order valence-corrected chi connectivity index (χ4v) is 5.50. The molecule has 4 rings (SSSR count). The van der Waals surface area contributed by atoms with E-state index in [4.69, 9.17) is 0 Å². The smallest absolute Gasteiger partial charge is 0.233 e. The van der Waals surface area contributed by atoms with Gasteiger partial charge in [-0.1, -0.05) is 22.9 Å². The van der Waals surface area contributed by atoms with Crippen LogP contribution in [0.3, 0.4) is 0 Å². The number of carbonyl (C=O) groups excluding carboxylic acids is 3. The first-order valence-electron chi connectivity index (χ1n) is 9.43. The summed E-state index contributed by atoms with van der Waals surface area (Å²) in [6.45, 7) is 2.22. The summed E-state index contributed by atoms with van der Waals surface area (Å²) in [5.41, 5.74) is 1.84. The zero-order valence-electron chi connectivity index (χ0n) is 14.8. The van der Waals surface area contributed by atoms with Gasteiger partial charge in [-0.3, -0.25) is 19.3 Å². The van der Waals surface area contributed by atoms with Crippen molar-refractivity contribution in [2.45, 2.75) is 39.0 Å². The lowest BCUT2D eigenvalue weighted by molar-refractivity contribution is -0.140. The summed E-state index contributed by atoms with van der Waals surface area (Å²) >= 11 is 3.44. The summed E-state index contributed by atoms with van der Waals surface area (Å²) in [5.74, 6) is 0.300. The second kappa shape index (κ2) is 6.80. The van der Waals surface area contributed by atoms with Crippen LogP contribution < -0.4 is 5.32 Å². The number of anilines is 1. The maximum atomic E-state index is 12.7. The van der Waals surface area contributed by atoms with E-state index in [1.165, 1.54) is 4.90 Å². The number of nitrogens with one attached hydrogen (secondary N) is 1. The van der Waals surface area contributed by atoms with E-state index in [1.807, 2.05) is 25.1 Å². The number of fused-ring (bicyclic) bond motifs is 5. The van der Waals surface area contributed by atoms with Crippen LogP contribution in [0.25, 0.3) is 0 Å². The van der Waals surface area contributed by atoms with Gasteiger partial charge in [0.2, 0.25) is 17.7 Å². The Labute approximate surface area is 161 Å². The molecule has 4 unspecified atom stereocenters. The summed E-state index contributed by atoms with van der Waals surface area (Å²) in [5, 5.41) is 2.91. The van der Waals surface area contributed by atoms with Crippen molar-refractivity contribution in [2.24, 2.45) is 23.7 Å². The molecule has 5 nitrogen and oxygen atoms in total. The number of imide groups is 1. The fraction of sp³-hybridized carbons (Fsp3) is 0.550. The highest BCUT2D eigenvalue weighted by Crippen LogP contribution is 2.56. The predicted molar refractivity (Wildman–Crippen MR) is 101 cm³/mol. The maximum absolute atomic E-state index is 12.7. The largest absolute Gasteiger partial charge is 0.326 e. The summed E-state index contributed by atoms with van der Waals surface area (Å²) in [7, 11) is 0. The molecule has 1 saturated heterocycles. The predicted octanol–water partition coefficient (Wildman–Crippen LogP) is 3.37. The fourth-order valence-electron chi connectivity index (χ4n) is 5.09. The van der Waals surface area contributed by atoms with Crippen molar-refractivity contribution in [3.8, 4) is 0 Å². The molecular weight excluding hydrogens is 396 g/mol. The summed E-state index contributed by atoms with van der Waals surface area (Å²) in [6.07, 6.45) is 4.13. The van der Waals surface area contributed by atoms with Crippen molar-refractivity contribution in [2.75, 3.05) is 11.9 Å². The minimum atomic E-state index is -0.164. The summed E-state index contributed by atoms with van der Waals surface area (Å²) < 4.78 is 0.974. The van der Waals surface area contributed by atoms with Crippen LogP contribution in [0.2, 0.25) is 0 Å². The molecule has 3 amide bonds. The third-order valence-electron chi connectivity index (χ3n) is 6.30. The van der Waals surface area contributed by atoms with Gasteiger partial charge in [0.05, 0.1) is 11.8 Å². The molecule has 3 aliphatic rings. The van der Waals surface area contributed by atoms with Crippen LogP contribution in [0.1, 0.15) is 38.2 Å². The monoisotopic (exact) mass is 418 g/mol. The number of nitrogens with zero attached hydrogens (tertiary/aromatic N) is 1. The molecule has 138 valence electrons. The van der Waals surface area contributed by atoms with Crippen molar-refractivity contribution >= 4 is 39.3 Å². The lowest BCUT2D eigenvalue weighted by atomic mass is 9.81. The second-order valence-electron chi connectivity index (χ2n) is 7.67. The van der Waals surface area contributed by atoms with Crippen molar-refractivity contribution < 1.29 is 14.4 Å². The van der Waals surface area contributed by atoms with E-state index >= 15 is 0 Å². The Morgan fingerprint density at radius 2 is 1.85 bits per heavy atom. The molecule has 0 radical (unpaired) electrons. The van der Waals surface area contributed by atoms with E-state index < -0.39 is 0 Å². The van der Waals surface area contributed by atoms with E-state index in [9.17, 15) is 14.4 Å². The number of rotatable bonds is 5. The zero-order chi connectivity index (χ0) is 18.4. The molecule has 1 aromatic carbocycles. The lowest BCUT2D eigenvalue weighted by Crippen LogP contribution is -2.35. The highest BCUT2D eigenvalue weighted by Gasteiger charge is 2.60. The van der Waals surface area contributed by atoms with E-state index in [2.05, 4.69) is 21.2 Å². The SMILES string of the molecule is CCc1cc(Br)ccc1NC(=O)CCN1C(=O)C2C3CCC(C3)C2C1=O. The third kappa shape index (κ3) is 2.88. The van der Waals surface area contributed by atoms with Crippen LogP contribution in [-0.2, 0) is 20.8 Å². The van der Waals surface area contributed by atoms with E-state index in [1.54, 1.807) is 0 Å². The molecule has 6 heteroatoms. The molecule has 26 heavy (non-hydrogen) atoms. The van der Waals surface area contributed by atoms with Crippen molar-refractivity contribution in [1.29, 1.82) is 0 Å². The highest BCUT2D eigenvalue weighted by molar-refractivity contribution is 9.10. The number of hydrogen-bond acceptors (Lipinski definition) is 3. The Morgan fingerprint density at radius 1 is 1.19 bits per heavy atom. The molecule has 1 N–H and O–H groups in total. The van der Waals surface area contributed by atoms with Crippen LogP contribution in [-0.4, -0.2) is 29.2 Å².